The smallest absolute Gasteiger partial charge is 0.241 e. The summed E-state index contributed by atoms with van der Waals surface area (Å²) in [5, 5.41) is 3.19. The topological polar surface area (TPSA) is 35.6 Å². The van der Waals surface area contributed by atoms with Crippen molar-refractivity contribution in [1.29, 1.82) is 0 Å². The average Bonchev–Trinajstić information content (AvgIpc) is 2.61. The minimum Gasteiger partial charge on any atom is -0.376 e. The number of amides is 1. The van der Waals surface area contributed by atoms with Gasteiger partial charge in [0.1, 0.15) is 0 Å². The molecule has 4 nitrogen and oxygen atoms in total. The molecule has 2 aromatic rings. The van der Waals surface area contributed by atoms with Gasteiger partial charge in [0.05, 0.1) is 6.54 Å². The Morgan fingerprint density at radius 1 is 1.00 bits per heavy atom. The van der Waals surface area contributed by atoms with Gasteiger partial charge in [-0.2, -0.15) is 0 Å². The molecule has 0 spiro atoms. The van der Waals surface area contributed by atoms with E-state index in [4.69, 9.17) is 0 Å². The van der Waals surface area contributed by atoms with Crippen molar-refractivity contribution in [2.75, 3.05) is 38.0 Å². The third kappa shape index (κ3) is 4.59. The molecule has 1 aliphatic heterocycles. The van der Waals surface area contributed by atoms with Gasteiger partial charge < -0.3 is 10.2 Å². The van der Waals surface area contributed by atoms with Crippen LogP contribution in [0.2, 0.25) is 0 Å². The van der Waals surface area contributed by atoms with Crippen molar-refractivity contribution >= 4 is 11.6 Å². The molecule has 126 valence electrons. The second-order valence-electron chi connectivity index (χ2n) is 6.37. The summed E-state index contributed by atoms with van der Waals surface area (Å²) >= 11 is 0. The van der Waals surface area contributed by atoms with Crippen LogP contribution < -0.4 is 5.32 Å². The Kier molecular flexibility index (Phi) is 5.49. The van der Waals surface area contributed by atoms with Crippen molar-refractivity contribution < 1.29 is 4.79 Å². The highest BCUT2D eigenvalue weighted by molar-refractivity contribution is 5.81. The lowest BCUT2D eigenvalue weighted by molar-refractivity contribution is -0.131. The first-order valence-corrected chi connectivity index (χ1v) is 8.55. The summed E-state index contributed by atoms with van der Waals surface area (Å²) in [6, 6.07) is 18.5. The van der Waals surface area contributed by atoms with Gasteiger partial charge in [0, 0.05) is 38.4 Å². The zero-order valence-electron chi connectivity index (χ0n) is 14.2. The molecule has 0 atom stereocenters. The highest BCUT2D eigenvalue weighted by Gasteiger charge is 2.20. The number of piperazine rings is 1. The van der Waals surface area contributed by atoms with E-state index in [1.807, 2.05) is 35.2 Å². The normalized spacial score (nSPS) is 15.3. The second-order valence-corrected chi connectivity index (χ2v) is 6.37. The predicted octanol–water partition coefficient (Wildman–Crippen LogP) is 2.75. The Labute approximate surface area is 144 Å². The predicted molar refractivity (Wildman–Crippen MR) is 98.0 cm³/mol. The monoisotopic (exact) mass is 323 g/mol. The van der Waals surface area contributed by atoms with Crippen molar-refractivity contribution in [1.82, 2.24) is 9.80 Å². The molecule has 0 aromatic heterocycles. The summed E-state index contributed by atoms with van der Waals surface area (Å²) in [6.07, 6.45) is 0. The number of nitrogens with zero attached hydrogens (tertiary/aromatic N) is 2. The van der Waals surface area contributed by atoms with E-state index >= 15 is 0 Å². The number of para-hydroxylation sites is 1. The fraction of sp³-hybridized carbons (Fsp3) is 0.350. The maximum Gasteiger partial charge on any atom is 0.241 e. The van der Waals surface area contributed by atoms with E-state index in [9.17, 15) is 4.79 Å². The summed E-state index contributed by atoms with van der Waals surface area (Å²) in [4.78, 5) is 16.7. The van der Waals surface area contributed by atoms with E-state index in [-0.39, 0.29) is 5.91 Å². The van der Waals surface area contributed by atoms with E-state index in [1.165, 1.54) is 11.1 Å². The SMILES string of the molecule is Cc1cccc(CN2CCN(C(=O)CNc3ccccc3)CC2)c1. The van der Waals surface area contributed by atoms with Crippen LogP contribution in [0.3, 0.4) is 0 Å². The standard InChI is InChI=1S/C20H25N3O/c1-17-6-5-7-18(14-17)16-22-10-12-23(13-11-22)20(24)15-21-19-8-3-2-4-9-19/h2-9,14,21H,10-13,15-16H2,1H3. The molecule has 0 aliphatic carbocycles. The molecule has 1 aliphatic rings. The first-order chi connectivity index (χ1) is 11.7. The minimum absolute atomic E-state index is 0.175. The molecule has 1 fully saturated rings. The molecular formula is C20H25N3O. The van der Waals surface area contributed by atoms with E-state index < -0.39 is 0 Å². The fourth-order valence-corrected chi connectivity index (χ4v) is 3.07. The van der Waals surface area contributed by atoms with Crippen LogP contribution in [0, 0.1) is 6.92 Å². The molecule has 1 N–H and O–H groups in total. The van der Waals surface area contributed by atoms with Crippen LogP contribution in [0.15, 0.2) is 54.6 Å². The van der Waals surface area contributed by atoms with Crippen molar-refractivity contribution in [2.45, 2.75) is 13.5 Å². The van der Waals surface area contributed by atoms with Crippen LogP contribution in [0.1, 0.15) is 11.1 Å². The summed E-state index contributed by atoms with van der Waals surface area (Å²) in [6.45, 7) is 6.94. The molecular weight excluding hydrogens is 298 g/mol. The Hall–Kier alpha value is -2.33. The van der Waals surface area contributed by atoms with Gasteiger partial charge in [-0.1, -0.05) is 48.0 Å². The van der Waals surface area contributed by atoms with Crippen molar-refractivity contribution in [3.05, 3.63) is 65.7 Å². The zero-order chi connectivity index (χ0) is 16.8. The number of carbonyl (C=O) groups excluding carboxylic acids is 1. The van der Waals surface area contributed by atoms with Gasteiger partial charge in [0.25, 0.3) is 0 Å². The molecule has 0 saturated carbocycles. The number of hydrogen-bond acceptors (Lipinski definition) is 3. The molecule has 2 aromatic carbocycles. The van der Waals surface area contributed by atoms with Gasteiger partial charge in [-0.25, -0.2) is 0 Å². The highest BCUT2D eigenvalue weighted by Crippen LogP contribution is 2.11. The van der Waals surface area contributed by atoms with E-state index in [0.29, 0.717) is 6.54 Å². The van der Waals surface area contributed by atoms with Gasteiger partial charge in [-0.15, -0.1) is 0 Å². The van der Waals surface area contributed by atoms with Crippen molar-refractivity contribution in [3.8, 4) is 0 Å². The van der Waals surface area contributed by atoms with Crippen LogP contribution in [-0.2, 0) is 11.3 Å². The van der Waals surface area contributed by atoms with Crippen LogP contribution in [-0.4, -0.2) is 48.4 Å². The molecule has 0 radical (unpaired) electrons. The lowest BCUT2D eigenvalue weighted by Crippen LogP contribution is -2.49. The lowest BCUT2D eigenvalue weighted by Gasteiger charge is -2.35. The largest absolute Gasteiger partial charge is 0.376 e. The first kappa shape index (κ1) is 16.5. The molecule has 1 saturated heterocycles. The number of hydrogen-bond donors (Lipinski definition) is 1. The van der Waals surface area contributed by atoms with Gasteiger partial charge in [-0.3, -0.25) is 9.69 Å². The quantitative estimate of drug-likeness (QED) is 0.919. The second kappa shape index (κ2) is 7.97. The van der Waals surface area contributed by atoms with E-state index in [1.54, 1.807) is 0 Å². The molecule has 4 heteroatoms. The van der Waals surface area contributed by atoms with Crippen molar-refractivity contribution in [2.24, 2.45) is 0 Å². The van der Waals surface area contributed by atoms with Gasteiger partial charge >= 0.3 is 0 Å². The number of carbonyl (C=O) groups is 1. The van der Waals surface area contributed by atoms with Crippen LogP contribution in [0.4, 0.5) is 5.69 Å². The minimum atomic E-state index is 0.175. The maximum absolute atomic E-state index is 12.3. The number of anilines is 1. The molecule has 1 heterocycles. The summed E-state index contributed by atoms with van der Waals surface area (Å²) in [5.41, 5.74) is 3.64. The summed E-state index contributed by atoms with van der Waals surface area (Å²) in [7, 11) is 0. The molecule has 3 rings (SSSR count). The molecule has 0 bridgehead atoms. The molecule has 1 amide bonds. The Bertz CT molecular complexity index is 664. The van der Waals surface area contributed by atoms with E-state index in [0.717, 1.165) is 38.4 Å². The van der Waals surface area contributed by atoms with Crippen LogP contribution >= 0.6 is 0 Å². The Morgan fingerprint density at radius 2 is 1.75 bits per heavy atom. The number of benzene rings is 2. The van der Waals surface area contributed by atoms with Crippen LogP contribution in [0.5, 0.6) is 0 Å². The van der Waals surface area contributed by atoms with Gasteiger partial charge in [0.15, 0.2) is 0 Å². The third-order valence-corrected chi connectivity index (χ3v) is 4.43. The van der Waals surface area contributed by atoms with Gasteiger partial charge in [0.2, 0.25) is 5.91 Å². The first-order valence-electron chi connectivity index (χ1n) is 8.55. The number of aryl methyl sites for hydroxylation is 1. The van der Waals surface area contributed by atoms with Crippen LogP contribution in [0.25, 0.3) is 0 Å². The maximum atomic E-state index is 12.3. The Balaban J connectivity index is 1.43. The lowest BCUT2D eigenvalue weighted by atomic mass is 10.1. The molecule has 24 heavy (non-hydrogen) atoms. The molecule has 0 unspecified atom stereocenters. The average molecular weight is 323 g/mol. The van der Waals surface area contributed by atoms with E-state index in [2.05, 4.69) is 41.4 Å². The highest BCUT2D eigenvalue weighted by atomic mass is 16.2. The zero-order valence-corrected chi connectivity index (χ0v) is 14.2. The van der Waals surface area contributed by atoms with Gasteiger partial charge in [-0.05, 0) is 24.6 Å². The summed E-state index contributed by atoms with van der Waals surface area (Å²) < 4.78 is 0. The van der Waals surface area contributed by atoms with Crippen molar-refractivity contribution in [3.63, 3.8) is 0 Å². The number of nitrogens with one attached hydrogen (secondary N) is 1. The number of rotatable bonds is 5. The fourth-order valence-electron chi connectivity index (χ4n) is 3.07. The Morgan fingerprint density at radius 3 is 2.46 bits per heavy atom. The summed E-state index contributed by atoms with van der Waals surface area (Å²) in [5.74, 6) is 0.175. The third-order valence-electron chi connectivity index (χ3n) is 4.43.